The van der Waals surface area contributed by atoms with E-state index in [1.165, 1.54) is 12.1 Å². The summed E-state index contributed by atoms with van der Waals surface area (Å²) in [6, 6.07) is 3.56. The van der Waals surface area contributed by atoms with Gasteiger partial charge in [0.2, 0.25) is 0 Å². The number of carbonyl (C=O) groups excluding carboxylic acids is 1. The third-order valence-corrected chi connectivity index (χ3v) is 2.39. The number of halogens is 1. The Balaban J connectivity index is 2.95. The molecule has 0 heterocycles. The molecule has 0 aliphatic carbocycles. The summed E-state index contributed by atoms with van der Waals surface area (Å²) in [6.45, 7) is 1.25. The number of rotatable bonds is 5. The molecule has 2 atom stereocenters. The van der Waals surface area contributed by atoms with Gasteiger partial charge in [-0.25, -0.2) is 9.18 Å². The van der Waals surface area contributed by atoms with E-state index >= 15 is 0 Å². The molecule has 0 fully saturated rings. The molecule has 100 valence electrons. The summed E-state index contributed by atoms with van der Waals surface area (Å²) >= 11 is 0. The van der Waals surface area contributed by atoms with Gasteiger partial charge in [-0.1, -0.05) is 6.07 Å². The van der Waals surface area contributed by atoms with Crippen LogP contribution in [0.5, 0.6) is 0 Å². The lowest BCUT2D eigenvalue weighted by Gasteiger charge is -2.17. The molecular formula is C12H15FO5. The third-order valence-electron chi connectivity index (χ3n) is 2.39. The molecule has 0 saturated heterocycles. The number of hydrogen-bond acceptors (Lipinski definition) is 5. The summed E-state index contributed by atoms with van der Waals surface area (Å²) in [5, 5.41) is 28.1. The predicted octanol–water partition coefficient (Wildman–Crippen LogP) is 0.275. The first kappa shape index (κ1) is 14.6. The van der Waals surface area contributed by atoms with Gasteiger partial charge in [0.1, 0.15) is 11.9 Å². The zero-order valence-electron chi connectivity index (χ0n) is 9.84. The number of aliphatic hydroxyl groups excluding tert-OH is 3. The normalized spacial score (nSPS) is 14.1. The number of hydrogen-bond donors (Lipinski definition) is 3. The lowest BCUT2D eigenvalue weighted by molar-refractivity contribution is -0.159. The van der Waals surface area contributed by atoms with E-state index < -0.39 is 24.0 Å². The lowest BCUT2D eigenvalue weighted by Crippen LogP contribution is -2.30. The lowest BCUT2D eigenvalue weighted by atomic mass is 10.0. The molecule has 1 aromatic rings. The maximum atomic E-state index is 13.5. The first-order valence-corrected chi connectivity index (χ1v) is 5.43. The van der Waals surface area contributed by atoms with Crippen LogP contribution in [-0.2, 0) is 16.1 Å². The Morgan fingerprint density at radius 1 is 1.44 bits per heavy atom. The fraction of sp³-hybridized carbons (Fsp3) is 0.417. The number of benzene rings is 1. The molecule has 18 heavy (non-hydrogen) atoms. The van der Waals surface area contributed by atoms with Crippen LogP contribution >= 0.6 is 0 Å². The van der Waals surface area contributed by atoms with E-state index in [0.29, 0.717) is 5.56 Å². The Labute approximate surface area is 103 Å². The Morgan fingerprint density at radius 2 is 2.11 bits per heavy atom. The smallest absolute Gasteiger partial charge is 0.338 e. The van der Waals surface area contributed by atoms with E-state index in [4.69, 9.17) is 5.11 Å². The molecule has 0 aliphatic rings. The number of ether oxygens (including phenoxy) is 1. The van der Waals surface area contributed by atoms with E-state index in [1.807, 2.05) is 0 Å². The van der Waals surface area contributed by atoms with Gasteiger partial charge in [-0.05, 0) is 24.6 Å². The second kappa shape index (κ2) is 6.44. The van der Waals surface area contributed by atoms with E-state index in [9.17, 15) is 19.4 Å². The van der Waals surface area contributed by atoms with Crippen molar-refractivity contribution in [1.82, 2.24) is 0 Å². The predicted molar refractivity (Wildman–Crippen MR) is 59.9 cm³/mol. The highest BCUT2D eigenvalue weighted by atomic mass is 19.1. The Hall–Kier alpha value is -1.50. The molecule has 2 unspecified atom stereocenters. The molecule has 0 saturated carbocycles. The second-order valence-electron chi connectivity index (χ2n) is 3.66. The van der Waals surface area contributed by atoms with Crippen molar-refractivity contribution < 1.29 is 29.2 Å². The molecular weight excluding hydrogens is 243 g/mol. The van der Waals surface area contributed by atoms with Crippen LogP contribution in [0, 0.1) is 5.82 Å². The van der Waals surface area contributed by atoms with Crippen LogP contribution in [0.15, 0.2) is 18.2 Å². The van der Waals surface area contributed by atoms with Gasteiger partial charge in [-0.3, -0.25) is 0 Å². The third kappa shape index (κ3) is 3.25. The molecule has 0 radical (unpaired) electrons. The first-order chi connectivity index (χ1) is 8.51. The average Bonchev–Trinajstić information content (AvgIpc) is 2.38. The van der Waals surface area contributed by atoms with Crippen LogP contribution in [0.2, 0.25) is 0 Å². The zero-order valence-corrected chi connectivity index (χ0v) is 9.84. The van der Waals surface area contributed by atoms with Crippen LogP contribution in [0.4, 0.5) is 4.39 Å². The largest absolute Gasteiger partial charge is 0.464 e. The molecule has 1 rings (SSSR count). The molecule has 0 bridgehead atoms. The zero-order chi connectivity index (χ0) is 13.7. The van der Waals surface area contributed by atoms with Crippen molar-refractivity contribution >= 4 is 5.97 Å². The van der Waals surface area contributed by atoms with E-state index in [2.05, 4.69) is 4.74 Å². The van der Waals surface area contributed by atoms with Crippen molar-refractivity contribution in [3.63, 3.8) is 0 Å². The molecule has 0 aliphatic heterocycles. The van der Waals surface area contributed by atoms with Gasteiger partial charge in [0, 0.05) is 5.56 Å². The van der Waals surface area contributed by atoms with Gasteiger partial charge in [-0.2, -0.15) is 0 Å². The molecule has 6 heteroatoms. The minimum Gasteiger partial charge on any atom is -0.464 e. The maximum absolute atomic E-state index is 13.5. The van der Waals surface area contributed by atoms with Crippen LogP contribution in [0.25, 0.3) is 0 Å². The van der Waals surface area contributed by atoms with Gasteiger partial charge in [-0.15, -0.1) is 0 Å². The van der Waals surface area contributed by atoms with Crippen LogP contribution < -0.4 is 0 Å². The second-order valence-corrected chi connectivity index (χ2v) is 3.66. The Bertz CT molecular complexity index is 421. The fourth-order valence-corrected chi connectivity index (χ4v) is 1.44. The average molecular weight is 258 g/mol. The highest BCUT2D eigenvalue weighted by Crippen LogP contribution is 2.22. The van der Waals surface area contributed by atoms with Crippen LogP contribution in [0.3, 0.4) is 0 Å². The first-order valence-electron chi connectivity index (χ1n) is 5.43. The number of carbonyl (C=O) groups is 1. The van der Waals surface area contributed by atoms with Crippen molar-refractivity contribution in [2.24, 2.45) is 0 Å². The van der Waals surface area contributed by atoms with E-state index in [0.717, 1.165) is 6.07 Å². The topological polar surface area (TPSA) is 87.0 Å². The van der Waals surface area contributed by atoms with Crippen molar-refractivity contribution in [3.8, 4) is 0 Å². The Kier molecular flexibility index (Phi) is 5.21. The summed E-state index contributed by atoms with van der Waals surface area (Å²) in [5.41, 5.74) is 0.101. The molecule has 5 nitrogen and oxygen atoms in total. The Morgan fingerprint density at radius 3 is 2.67 bits per heavy atom. The van der Waals surface area contributed by atoms with Crippen molar-refractivity contribution in [2.75, 3.05) is 6.61 Å². The summed E-state index contributed by atoms with van der Waals surface area (Å²) in [4.78, 5) is 11.2. The maximum Gasteiger partial charge on any atom is 0.338 e. The van der Waals surface area contributed by atoms with Gasteiger partial charge in [0.05, 0.1) is 13.2 Å². The SMILES string of the molecule is CCOC(=O)C(O)C(O)c1cc(CO)ccc1F. The monoisotopic (exact) mass is 258 g/mol. The van der Waals surface area contributed by atoms with E-state index in [-0.39, 0.29) is 18.8 Å². The number of esters is 1. The minimum atomic E-state index is -1.87. The number of aliphatic hydroxyl groups is 3. The van der Waals surface area contributed by atoms with Crippen molar-refractivity contribution in [2.45, 2.75) is 25.7 Å². The molecule has 1 aromatic carbocycles. The van der Waals surface area contributed by atoms with Crippen molar-refractivity contribution in [3.05, 3.63) is 35.1 Å². The van der Waals surface area contributed by atoms with Gasteiger partial charge >= 0.3 is 5.97 Å². The van der Waals surface area contributed by atoms with Gasteiger partial charge in [0.25, 0.3) is 0 Å². The molecule has 3 N–H and O–H groups in total. The summed E-state index contributed by atoms with van der Waals surface area (Å²) in [6.07, 6.45) is -3.61. The molecule has 0 spiro atoms. The minimum absolute atomic E-state index is 0.0434. The van der Waals surface area contributed by atoms with Gasteiger partial charge in [0.15, 0.2) is 6.10 Å². The molecule has 0 amide bonds. The van der Waals surface area contributed by atoms with Crippen molar-refractivity contribution in [1.29, 1.82) is 0 Å². The van der Waals surface area contributed by atoms with Crippen LogP contribution in [0.1, 0.15) is 24.2 Å². The van der Waals surface area contributed by atoms with Crippen LogP contribution in [-0.4, -0.2) is 34.0 Å². The summed E-state index contributed by atoms with van der Waals surface area (Å²) < 4.78 is 18.0. The van der Waals surface area contributed by atoms with Gasteiger partial charge < -0.3 is 20.1 Å². The standard InChI is InChI=1S/C12H15FO5/c1-2-18-12(17)11(16)10(15)8-5-7(6-14)3-4-9(8)13/h3-5,10-11,14-16H,2,6H2,1H3. The molecule has 0 aromatic heterocycles. The summed E-state index contributed by atoms with van der Waals surface area (Å²) in [7, 11) is 0. The highest BCUT2D eigenvalue weighted by Gasteiger charge is 2.29. The summed E-state index contributed by atoms with van der Waals surface area (Å²) in [5.74, 6) is -1.80. The van der Waals surface area contributed by atoms with E-state index in [1.54, 1.807) is 6.92 Å². The highest BCUT2D eigenvalue weighted by molar-refractivity contribution is 5.75. The quantitative estimate of drug-likeness (QED) is 0.660. The fourth-order valence-electron chi connectivity index (χ4n) is 1.44.